The lowest BCUT2D eigenvalue weighted by Gasteiger charge is -2.39. The number of benzene rings is 1. The molecule has 0 unspecified atom stereocenters. The van der Waals surface area contributed by atoms with E-state index >= 15 is 0 Å². The summed E-state index contributed by atoms with van der Waals surface area (Å²) in [6.45, 7) is 4.55. The first kappa shape index (κ1) is 22.9. The highest BCUT2D eigenvalue weighted by atomic mass is 35.5. The smallest absolute Gasteiger partial charge is 0.253 e. The summed E-state index contributed by atoms with van der Waals surface area (Å²) in [7, 11) is 1.66. The van der Waals surface area contributed by atoms with Crippen molar-refractivity contribution >= 4 is 35.8 Å². The van der Waals surface area contributed by atoms with E-state index in [1.165, 1.54) is 0 Å². The molecule has 0 spiro atoms. The Hall–Kier alpha value is -1.34. The average molecular weight is 430 g/mol. The molecule has 3 rings (SSSR count). The van der Waals surface area contributed by atoms with E-state index in [1.54, 1.807) is 31.4 Å². The van der Waals surface area contributed by atoms with Gasteiger partial charge in [0.2, 0.25) is 5.91 Å². The minimum absolute atomic E-state index is 0. The van der Waals surface area contributed by atoms with E-state index < -0.39 is 5.41 Å². The maximum Gasteiger partial charge on any atom is 0.253 e. The first-order chi connectivity index (χ1) is 13.1. The van der Waals surface area contributed by atoms with Gasteiger partial charge in [-0.15, -0.1) is 12.4 Å². The molecule has 2 aliphatic heterocycles. The van der Waals surface area contributed by atoms with Gasteiger partial charge in [-0.3, -0.25) is 9.59 Å². The summed E-state index contributed by atoms with van der Waals surface area (Å²) in [6, 6.07) is 7.02. The molecule has 2 fully saturated rings. The van der Waals surface area contributed by atoms with Crippen LogP contribution in [-0.4, -0.2) is 74.6 Å². The number of halogens is 2. The van der Waals surface area contributed by atoms with Crippen LogP contribution in [0.4, 0.5) is 0 Å². The predicted molar refractivity (Wildman–Crippen MR) is 112 cm³/mol. The molecule has 2 amide bonds. The zero-order valence-corrected chi connectivity index (χ0v) is 17.9. The third-order valence-electron chi connectivity index (χ3n) is 5.58. The third kappa shape index (κ3) is 5.17. The van der Waals surface area contributed by atoms with Crippen LogP contribution < -0.4 is 5.32 Å². The fourth-order valence-electron chi connectivity index (χ4n) is 4.06. The molecule has 2 aliphatic rings. The van der Waals surface area contributed by atoms with Crippen LogP contribution in [0.5, 0.6) is 0 Å². The Balaban J connectivity index is 0.00000280. The fourth-order valence-corrected chi connectivity index (χ4v) is 4.25. The molecule has 0 radical (unpaired) electrons. The van der Waals surface area contributed by atoms with Crippen LogP contribution in [0.15, 0.2) is 24.3 Å². The highest BCUT2D eigenvalue weighted by molar-refractivity contribution is 6.30. The molecule has 0 aliphatic carbocycles. The van der Waals surface area contributed by atoms with Crippen molar-refractivity contribution in [1.82, 2.24) is 15.1 Å². The molecular formula is C20H29Cl2N3O3. The van der Waals surface area contributed by atoms with Gasteiger partial charge in [0.05, 0.1) is 12.0 Å². The molecule has 0 atom stereocenters. The lowest BCUT2D eigenvalue weighted by molar-refractivity contribution is -0.147. The first-order valence-electron chi connectivity index (χ1n) is 9.60. The van der Waals surface area contributed by atoms with Crippen LogP contribution in [0, 0.1) is 5.41 Å². The van der Waals surface area contributed by atoms with Gasteiger partial charge in [-0.05, 0) is 50.6 Å². The molecule has 8 heteroatoms. The van der Waals surface area contributed by atoms with Crippen LogP contribution in [0.1, 0.15) is 29.6 Å². The lowest BCUT2D eigenvalue weighted by Crippen LogP contribution is -2.52. The maximum atomic E-state index is 13.3. The van der Waals surface area contributed by atoms with E-state index in [4.69, 9.17) is 16.3 Å². The Labute approximate surface area is 177 Å². The topological polar surface area (TPSA) is 61.9 Å². The summed E-state index contributed by atoms with van der Waals surface area (Å²) in [5, 5.41) is 3.88. The van der Waals surface area contributed by atoms with Crippen molar-refractivity contribution in [1.29, 1.82) is 0 Å². The van der Waals surface area contributed by atoms with Crippen LogP contribution in [-0.2, 0) is 9.53 Å². The Kier molecular flexibility index (Phi) is 8.56. The molecule has 2 saturated heterocycles. The highest BCUT2D eigenvalue weighted by Gasteiger charge is 2.42. The van der Waals surface area contributed by atoms with Gasteiger partial charge in [0.25, 0.3) is 5.91 Å². The summed E-state index contributed by atoms with van der Waals surface area (Å²) in [5.74, 6) is 0.142. The molecule has 0 saturated carbocycles. The molecule has 28 heavy (non-hydrogen) atoms. The monoisotopic (exact) mass is 429 g/mol. The van der Waals surface area contributed by atoms with Crippen molar-refractivity contribution in [2.45, 2.75) is 19.3 Å². The number of carbonyl (C=O) groups is 2. The predicted octanol–water partition coefficient (Wildman–Crippen LogP) is 2.45. The van der Waals surface area contributed by atoms with Crippen LogP contribution in [0.3, 0.4) is 0 Å². The van der Waals surface area contributed by atoms with Crippen molar-refractivity contribution in [3.8, 4) is 0 Å². The number of methoxy groups -OCH3 is 1. The van der Waals surface area contributed by atoms with Crippen molar-refractivity contribution in [3.05, 3.63) is 34.9 Å². The van der Waals surface area contributed by atoms with Gasteiger partial charge in [-0.25, -0.2) is 0 Å². The SMILES string of the molecule is COCC1(C(=O)N2CCCN(C(=O)c3cccc(Cl)c3)CC2)CCNCC1.Cl. The van der Waals surface area contributed by atoms with Crippen molar-refractivity contribution in [2.75, 3.05) is 53.0 Å². The van der Waals surface area contributed by atoms with Gasteiger partial charge >= 0.3 is 0 Å². The van der Waals surface area contributed by atoms with Crippen LogP contribution >= 0.6 is 24.0 Å². The van der Waals surface area contributed by atoms with E-state index in [-0.39, 0.29) is 24.2 Å². The number of carbonyl (C=O) groups excluding carboxylic acids is 2. The normalized spacial score (nSPS) is 19.5. The van der Waals surface area contributed by atoms with Gasteiger partial charge in [0.15, 0.2) is 0 Å². The van der Waals surface area contributed by atoms with Crippen molar-refractivity contribution < 1.29 is 14.3 Å². The number of piperidine rings is 1. The summed E-state index contributed by atoms with van der Waals surface area (Å²) in [6.07, 6.45) is 2.36. The van der Waals surface area contributed by atoms with Gasteiger partial charge in [0.1, 0.15) is 0 Å². The van der Waals surface area contributed by atoms with Crippen LogP contribution in [0.25, 0.3) is 0 Å². The second kappa shape index (κ2) is 10.4. The van der Waals surface area contributed by atoms with Gasteiger partial charge in [0, 0.05) is 43.9 Å². The number of nitrogens with one attached hydrogen (secondary N) is 1. The minimum Gasteiger partial charge on any atom is -0.384 e. The number of hydrogen-bond donors (Lipinski definition) is 1. The highest BCUT2D eigenvalue weighted by Crippen LogP contribution is 2.32. The number of nitrogens with zero attached hydrogens (tertiary/aromatic N) is 2. The molecule has 0 bridgehead atoms. The second-order valence-corrected chi connectivity index (χ2v) is 7.85. The van der Waals surface area contributed by atoms with Gasteiger partial charge in [-0.1, -0.05) is 17.7 Å². The number of rotatable bonds is 4. The number of hydrogen-bond acceptors (Lipinski definition) is 4. The summed E-state index contributed by atoms with van der Waals surface area (Å²) >= 11 is 6.02. The fraction of sp³-hybridized carbons (Fsp3) is 0.600. The first-order valence-corrected chi connectivity index (χ1v) is 9.97. The number of amides is 2. The molecular weight excluding hydrogens is 401 g/mol. The third-order valence-corrected chi connectivity index (χ3v) is 5.81. The number of ether oxygens (including phenoxy) is 1. The molecule has 0 aromatic heterocycles. The second-order valence-electron chi connectivity index (χ2n) is 7.41. The summed E-state index contributed by atoms with van der Waals surface area (Å²) < 4.78 is 5.40. The summed E-state index contributed by atoms with van der Waals surface area (Å²) in [4.78, 5) is 29.8. The quantitative estimate of drug-likeness (QED) is 0.798. The van der Waals surface area contributed by atoms with E-state index in [9.17, 15) is 9.59 Å². The molecule has 1 aromatic rings. The molecule has 2 heterocycles. The average Bonchev–Trinajstić information content (AvgIpc) is 2.94. The molecule has 1 aromatic carbocycles. The van der Waals surface area contributed by atoms with Crippen molar-refractivity contribution in [3.63, 3.8) is 0 Å². The van der Waals surface area contributed by atoms with Crippen molar-refractivity contribution in [2.24, 2.45) is 5.41 Å². The Bertz CT molecular complexity index is 675. The Morgan fingerprint density at radius 2 is 1.82 bits per heavy atom. The maximum absolute atomic E-state index is 13.3. The Morgan fingerprint density at radius 3 is 2.50 bits per heavy atom. The van der Waals surface area contributed by atoms with E-state index in [2.05, 4.69) is 5.32 Å². The zero-order chi connectivity index (χ0) is 19.3. The van der Waals surface area contributed by atoms with Gasteiger partial charge in [-0.2, -0.15) is 0 Å². The van der Waals surface area contributed by atoms with E-state index in [0.29, 0.717) is 43.4 Å². The standard InChI is InChI=1S/C20H28ClN3O3.ClH/c1-27-15-20(6-8-22-9-7-20)19(26)24-11-3-10-23(12-13-24)18(25)16-4-2-5-17(21)14-16;/h2,4-5,14,22H,3,6-13,15H2,1H3;1H. The molecule has 156 valence electrons. The minimum atomic E-state index is -0.438. The summed E-state index contributed by atoms with van der Waals surface area (Å²) in [5.41, 5.74) is 0.156. The van der Waals surface area contributed by atoms with E-state index in [1.807, 2.05) is 9.80 Å². The van der Waals surface area contributed by atoms with E-state index in [0.717, 1.165) is 32.4 Å². The lowest BCUT2D eigenvalue weighted by atomic mass is 9.78. The molecule has 6 nitrogen and oxygen atoms in total. The van der Waals surface area contributed by atoms with Crippen LogP contribution in [0.2, 0.25) is 5.02 Å². The zero-order valence-electron chi connectivity index (χ0n) is 16.3. The van der Waals surface area contributed by atoms with Gasteiger partial charge < -0.3 is 19.9 Å². The largest absolute Gasteiger partial charge is 0.384 e. The Morgan fingerprint density at radius 1 is 1.14 bits per heavy atom. The molecule has 1 N–H and O–H groups in total.